The Balaban J connectivity index is 1.82. The number of ether oxygens (including phenoxy) is 2. The van der Waals surface area contributed by atoms with Crippen LogP contribution in [0.25, 0.3) is 0 Å². The van der Waals surface area contributed by atoms with E-state index in [2.05, 4.69) is 10.6 Å². The Morgan fingerprint density at radius 3 is 3.10 bits per heavy atom. The molecule has 2 N–H and O–H groups in total. The van der Waals surface area contributed by atoms with Crippen LogP contribution in [0.2, 0.25) is 0 Å². The van der Waals surface area contributed by atoms with Gasteiger partial charge < -0.3 is 20.1 Å². The monoisotopic (exact) mass is 290 g/mol. The Kier molecular flexibility index (Phi) is 4.01. The number of anilines is 1. The van der Waals surface area contributed by atoms with Crippen molar-refractivity contribution in [2.75, 3.05) is 18.5 Å². The van der Waals surface area contributed by atoms with Gasteiger partial charge in [-0.25, -0.2) is 0 Å². The van der Waals surface area contributed by atoms with Gasteiger partial charge in [-0.05, 0) is 39.3 Å². The van der Waals surface area contributed by atoms with E-state index < -0.39 is 0 Å². The number of hydrogen-bond acceptors (Lipinski definition) is 4. The molecule has 5 nitrogen and oxygen atoms in total. The number of hydrogen-bond donors (Lipinski definition) is 2. The van der Waals surface area contributed by atoms with Crippen LogP contribution in [0, 0.1) is 0 Å². The number of nitrogens with one attached hydrogen (secondary N) is 2. The van der Waals surface area contributed by atoms with Crippen molar-refractivity contribution in [3.8, 4) is 11.5 Å². The van der Waals surface area contributed by atoms with Crippen molar-refractivity contribution in [3.05, 3.63) is 17.7 Å². The molecule has 2 unspecified atom stereocenters. The summed E-state index contributed by atoms with van der Waals surface area (Å²) in [5.41, 5.74) is 1.84. The van der Waals surface area contributed by atoms with Gasteiger partial charge in [0.05, 0.1) is 18.3 Å². The van der Waals surface area contributed by atoms with Crippen molar-refractivity contribution in [2.24, 2.45) is 0 Å². The quantitative estimate of drug-likeness (QED) is 0.891. The van der Waals surface area contributed by atoms with Crippen molar-refractivity contribution in [3.63, 3.8) is 0 Å². The van der Waals surface area contributed by atoms with Crippen LogP contribution in [0.4, 0.5) is 5.69 Å². The maximum absolute atomic E-state index is 12.3. The van der Waals surface area contributed by atoms with E-state index in [0.29, 0.717) is 12.3 Å². The molecule has 0 aromatic heterocycles. The highest BCUT2D eigenvalue weighted by Crippen LogP contribution is 2.38. The summed E-state index contributed by atoms with van der Waals surface area (Å²) in [6, 6.07) is 3.77. The molecule has 2 atom stereocenters. The summed E-state index contributed by atoms with van der Waals surface area (Å²) in [5.74, 6) is 1.57. The number of fused-ring (bicyclic) bond motifs is 1. The Labute approximate surface area is 125 Å². The molecule has 2 aliphatic rings. The van der Waals surface area contributed by atoms with E-state index in [4.69, 9.17) is 9.47 Å². The van der Waals surface area contributed by atoms with Gasteiger partial charge >= 0.3 is 0 Å². The first-order valence-corrected chi connectivity index (χ1v) is 7.68. The SMILES string of the molecule is CCOc1cc2c(cc1NC(=O)C1CCCN1)OC(C)C2. The number of carbonyl (C=O) groups excluding carboxylic acids is 1. The molecule has 1 aromatic rings. The highest BCUT2D eigenvalue weighted by molar-refractivity contribution is 5.96. The smallest absolute Gasteiger partial charge is 0.241 e. The van der Waals surface area contributed by atoms with E-state index in [-0.39, 0.29) is 18.1 Å². The molecule has 21 heavy (non-hydrogen) atoms. The van der Waals surface area contributed by atoms with E-state index in [1.54, 1.807) is 0 Å². The van der Waals surface area contributed by atoms with Crippen molar-refractivity contribution in [2.45, 2.75) is 45.3 Å². The molecular formula is C16H22N2O3. The predicted molar refractivity (Wildman–Crippen MR) is 81.1 cm³/mol. The highest BCUT2D eigenvalue weighted by Gasteiger charge is 2.25. The first-order valence-electron chi connectivity index (χ1n) is 7.68. The summed E-state index contributed by atoms with van der Waals surface area (Å²) in [4.78, 5) is 12.3. The zero-order valence-electron chi connectivity index (χ0n) is 12.6. The van der Waals surface area contributed by atoms with Crippen molar-refractivity contribution in [1.29, 1.82) is 0 Å². The van der Waals surface area contributed by atoms with Gasteiger partial charge in [-0.15, -0.1) is 0 Å². The zero-order chi connectivity index (χ0) is 14.8. The molecule has 1 saturated heterocycles. The van der Waals surface area contributed by atoms with Gasteiger partial charge in [0, 0.05) is 18.1 Å². The molecular weight excluding hydrogens is 268 g/mol. The van der Waals surface area contributed by atoms with Crippen LogP contribution in [0.15, 0.2) is 12.1 Å². The third-order valence-electron chi connectivity index (χ3n) is 3.93. The fourth-order valence-electron chi connectivity index (χ4n) is 2.94. The Bertz CT molecular complexity index is 539. The van der Waals surface area contributed by atoms with Gasteiger partial charge in [0.2, 0.25) is 5.91 Å². The first-order chi connectivity index (χ1) is 10.2. The predicted octanol–water partition coefficient (Wildman–Crippen LogP) is 2.10. The zero-order valence-corrected chi connectivity index (χ0v) is 12.6. The van der Waals surface area contributed by atoms with Crippen LogP contribution in [0.3, 0.4) is 0 Å². The first kappa shape index (κ1) is 14.2. The summed E-state index contributed by atoms with van der Waals surface area (Å²) in [5, 5.41) is 6.18. The van der Waals surface area contributed by atoms with Gasteiger partial charge in [0.25, 0.3) is 0 Å². The summed E-state index contributed by atoms with van der Waals surface area (Å²) in [6.07, 6.45) is 2.99. The molecule has 0 saturated carbocycles. The molecule has 2 heterocycles. The Morgan fingerprint density at radius 2 is 2.38 bits per heavy atom. The standard InChI is InChI=1S/C16H22N2O3/c1-3-20-15-8-11-7-10(2)21-14(11)9-13(15)18-16(19)12-5-4-6-17-12/h8-10,12,17H,3-7H2,1-2H3,(H,18,19). The normalized spacial score (nSPS) is 23.5. The minimum atomic E-state index is -0.104. The average molecular weight is 290 g/mol. The second-order valence-electron chi connectivity index (χ2n) is 5.66. The number of carbonyl (C=O) groups is 1. The molecule has 114 valence electrons. The van der Waals surface area contributed by atoms with Crippen molar-refractivity contribution < 1.29 is 14.3 Å². The van der Waals surface area contributed by atoms with Crippen molar-refractivity contribution >= 4 is 11.6 Å². The molecule has 0 radical (unpaired) electrons. The lowest BCUT2D eigenvalue weighted by Gasteiger charge is -2.16. The molecule has 1 amide bonds. The Hall–Kier alpha value is -1.75. The van der Waals surface area contributed by atoms with Gasteiger partial charge in [0.1, 0.15) is 17.6 Å². The van der Waals surface area contributed by atoms with Crippen LogP contribution in [0.1, 0.15) is 32.3 Å². The van der Waals surface area contributed by atoms with Crippen LogP contribution in [-0.4, -0.2) is 31.2 Å². The van der Waals surface area contributed by atoms with E-state index in [1.807, 2.05) is 26.0 Å². The Morgan fingerprint density at radius 1 is 1.52 bits per heavy atom. The summed E-state index contributed by atoms with van der Waals surface area (Å²) in [7, 11) is 0. The largest absolute Gasteiger partial charge is 0.492 e. The third-order valence-corrected chi connectivity index (χ3v) is 3.93. The topological polar surface area (TPSA) is 59.6 Å². The lowest BCUT2D eigenvalue weighted by molar-refractivity contribution is -0.117. The van der Waals surface area contributed by atoms with E-state index >= 15 is 0 Å². The van der Waals surface area contributed by atoms with Crippen LogP contribution in [0.5, 0.6) is 11.5 Å². The lowest BCUT2D eigenvalue weighted by Crippen LogP contribution is -2.35. The number of rotatable bonds is 4. The summed E-state index contributed by atoms with van der Waals surface area (Å²) in [6.45, 7) is 5.46. The van der Waals surface area contributed by atoms with Crippen LogP contribution < -0.4 is 20.1 Å². The fourth-order valence-corrected chi connectivity index (χ4v) is 2.94. The minimum absolute atomic E-state index is 0.000511. The van der Waals surface area contributed by atoms with E-state index in [0.717, 1.165) is 42.9 Å². The molecule has 0 spiro atoms. The second kappa shape index (κ2) is 5.93. The molecule has 1 fully saturated rings. The highest BCUT2D eigenvalue weighted by atomic mass is 16.5. The van der Waals surface area contributed by atoms with E-state index in [1.165, 1.54) is 0 Å². The maximum Gasteiger partial charge on any atom is 0.241 e. The maximum atomic E-state index is 12.3. The van der Waals surface area contributed by atoms with Gasteiger partial charge in [-0.1, -0.05) is 0 Å². The second-order valence-corrected chi connectivity index (χ2v) is 5.66. The molecule has 0 bridgehead atoms. The molecule has 0 aliphatic carbocycles. The van der Waals surface area contributed by atoms with Gasteiger partial charge in [0.15, 0.2) is 0 Å². The van der Waals surface area contributed by atoms with Gasteiger partial charge in [-0.2, -0.15) is 0 Å². The minimum Gasteiger partial charge on any atom is -0.492 e. The molecule has 5 heteroatoms. The summed E-state index contributed by atoms with van der Waals surface area (Å²) < 4.78 is 11.4. The summed E-state index contributed by atoms with van der Waals surface area (Å²) >= 11 is 0. The molecule has 2 aliphatic heterocycles. The average Bonchev–Trinajstić information content (AvgIpc) is 3.07. The fraction of sp³-hybridized carbons (Fsp3) is 0.562. The van der Waals surface area contributed by atoms with Crippen LogP contribution >= 0.6 is 0 Å². The molecule has 3 rings (SSSR count). The van der Waals surface area contributed by atoms with E-state index in [9.17, 15) is 4.79 Å². The van der Waals surface area contributed by atoms with Gasteiger partial charge in [-0.3, -0.25) is 4.79 Å². The van der Waals surface area contributed by atoms with Crippen LogP contribution in [-0.2, 0) is 11.2 Å². The third kappa shape index (κ3) is 2.97. The van der Waals surface area contributed by atoms with Crippen molar-refractivity contribution in [1.82, 2.24) is 5.32 Å². The molecule has 1 aromatic carbocycles. The lowest BCUT2D eigenvalue weighted by atomic mass is 10.1. The number of benzene rings is 1. The number of amides is 1.